The fourth-order valence-electron chi connectivity index (χ4n) is 2.25. The van der Waals surface area contributed by atoms with Crippen LogP contribution in [0.1, 0.15) is 35.7 Å². The van der Waals surface area contributed by atoms with E-state index < -0.39 is 11.9 Å². The van der Waals surface area contributed by atoms with E-state index in [9.17, 15) is 9.59 Å². The highest BCUT2D eigenvalue weighted by Crippen LogP contribution is 2.33. The molecule has 0 radical (unpaired) electrons. The molecule has 0 amide bonds. The van der Waals surface area contributed by atoms with Gasteiger partial charge in [0.1, 0.15) is 0 Å². The van der Waals surface area contributed by atoms with Gasteiger partial charge < -0.3 is 5.11 Å². The van der Waals surface area contributed by atoms with Gasteiger partial charge in [0, 0.05) is 17.7 Å². The number of Topliss-reactive ketones (excluding diaryl/α,β-unsaturated/α-hetero) is 1. The van der Waals surface area contributed by atoms with Crippen molar-refractivity contribution in [2.75, 3.05) is 0 Å². The standard InChI is InChI=1S/C14H15NO3/c1-8-4-3-5-11-13(8)15-9(2)10(14(11)18)6-7-12(16)17/h3-5,10H,6-7H2,1-2H3,(H,16,17). The summed E-state index contributed by atoms with van der Waals surface area (Å²) in [6.07, 6.45) is 0.307. The molecule has 0 spiro atoms. The van der Waals surface area contributed by atoms with Gasteiger partial charge in [-0.05, 0) is 31.9 Å². The largest absolute Gasteiger partial charge is 0.481 e. The van der Waals surface area contributed by atoms with Crippen molar-refractivity contribution in [1.82, 2.24) is 0 Å². The van der Waals surface area contributed by atoms with E-state index in [1.165, 1.54) is 0 Å². The second-order valence-electron chi connectivity index (χ2n) is 4.57. The number of aliphatic imine (C=N–C) groups is 1. The zero-order valence-electron chi connectivity index (χ0n) is 10.4. The predicted octanol–water partition coefficient (Wildman–Crippen LogP) is 2.76. The highest BCUT2D eigenvalue weighted by Gasteiger charge is 2.29. The molecule has 1 N–H and O–H groups in total. The number of benzene rings is 1. The van der Waals surface area contributed by atoms with Gasteiger partial charge in [0.2, 0.25) is 0 Å². The first-order valence-electron chi connectivity index (χ1n) is 5.91. The molecule has 1 aliphatic rings. The quantitative estimate of drug-likeness (QED) is 0.890. The van der Waals surface area contributed by atoms with Crippen molar-refractivity contribution in [3.8, 4) is 0 Å². The molecule has 0 aromatic heterocycles. The third-order valence-electron chi connectivity index (χ3n) is 3.26. The Labute approximate surface area is 105 Å². The monoisotopic (exact) mass is 245 g/mol. The van der Waals surface area contributed by atoms with Crippen LogP contribution < -0.4 is 0 Å². The molecule has 1 aromatic rings. The lowest BCUT2D eigenvalue weighted by atomic mass is 9.85. The molecule has 4 heteroatoms. The van der Waals surface area contributed by atoms with Crippen molar-refractivity contribution < 1.29 is 14.7 Å². The number of nitrogens with zero attached hydrogens (tertiary/aromatic N) is 1. The van der Waals surface area contributed by atoms with Gasteiger partial charge in [0.25, 0.3) is 0 Å². The van der Waals surface area contributed by atoms with Crippen LogP contribution in [0.25, 0.3) is 0 Å². The second-order valence-corrected chi connectivity index (χ2v) is 4.57. The molecule has 94 valence electrons. The third kappa shape index (κ3) is 2.18. The fourth-order valence-corrected chi connectivity index (χ4v) is 2.25. The summed E-state index contributed by atoms with van der Waals surface area (Å²) in [7, 11) is 0. The minimum atomic E-state index is -0.884. The van der Waals surface area contributed by atoms with Crippen LogP contribution in [-0.4, -0.2) is 22.6 Å². The van der Waals surface area contributed by atoms with Crippen LogP contribution in [0, 0.1) is 12.8 Å². The van der Waals surface area contributed by atoms with E-state index in [-0.39, 0.29) is 12.2 Å². The van der Waals surface area contributed by atoms with Crippen LogP contribution >= 0.6 is 0 Å². The summed E-state index contributed by atoms with van der Waals surface area (Å²) in [5.41, 5.74) is 3.02. The minimum absolute atomic E-state index is 0.00951. The Hall–Kier alpha value is -1.97. The number of fused-ring (bicyclic) bond motifs is 1. The average Bonchev–Trinajstić information content (AvgIpc) is 2.30. The first-order chi connectivity index (χ1) is 8.50. The van der Waals surface area contributed by atoms with Gasteiger partial charge in [-0.25, -0.2) is 0 Å². The molecular formula is C14H15NO3. The molecule has 1 unspecified atom stereocenters. The van der Waals surface area contributed by atoms with E-state index in [0.29, 0.717) is 17.7 Å². The van der Waals surface area contributed by atoms with E-state index in [0.717, 1.165) is 11.3 Å². The highest BCUT2D eigenvalue weighted by atomic mass is 16.4. The average molecular weight is 245 g/mol. The van der Waals surface area contributed by atoms with Gasteiger partial charge in [0.15, 0.2) is 5.78 Å². The lowest BCUT2D eigenvalue weighted by molar-refractivity contribution is -0.137. The smallest absolute Gasteiger partial charge is 0.303 e. The number of carboxylic acids is 1. The van der Waals surface area contributed by atoms with Crippen LogP contribution in [0.5, 0.6) is 0 Å². The molecule has 0 aliphatic carbocycles. The lowest BCUT2D eigenvalue weighted by Crippen LogP contribution is -2.26. The second kappa shape index (κ2) is 4.72. The molecule has 2 rings (SSSR count). The van der Waals surface area contributed by atoms with E-state index >= 15 is 0 Å². The molecule has 18 heavy (non-hydrogen) atoms. The number of carboxylic acid groups (broad SMARTS) is 1. The molecule has 0 saturated heterocycles. The minimum Gasteiger partial charge on any atom is -0.481 e. The van der Waals surface area contributed by atoms with E-state index in [4.69, 9.17) is 5.11 Å². The third-order valence-corrected chi connectivity index (χ3v) is 3.26. The molecule has 1 atom stereocenters. The number of carbonyl (C=O) groups is 2. The number of aryl methyl sites for hydroxylation is 1. The molecule has 1 aliphatic heterocycles. The zero-order chi connectivity index (χ0) is 13.3. The number of rotatable bonds is 3. The normalized spacial score (nSPS) is 18.2. The van der Waals surface area contributed by atoms with Gasteiger partial charge in [-0.1, -0.05) is 12.1 Å². The van der Waals surface area contributed by atoms with Crippen LogP contribution in [0.15, 0.2) is 23.2 Å². The van der Waals surface area contributed by atoms with Crippen LogP contribution in [-0.2, 0) is 4.79 Å². The summed E-state index contributed by atoms with van der Waals surface area (Å²) < 4.78 is 0. The number of hydrogen-bond acceptors (Lipinski definition) is 3. The van der Waals surface area contributed by atoms with Gasteiger partial charge in [-0.3, -0.25) is 14.6 Å². The summed E-state index contributed by atoms with van der Waals surface area (Å²) in [4.78, 5) is 27.4. The maximum absolute atomic E-state index is 12.3. The van der Waals surface area contributed by atoms with Crippen LogP contribution in [0.2, 0.25) is 0 Å². The Bertz CT molecular complexity index is 546. The molecular weight excluding hydrogens is 230 g/mol. The van der Waals surface area contributed by atoms with Gasteiger partial charge >= 0.3 is 5.97 Å². The van der Waals surface area contributed by atoms with Crippen molar-refractivity contribution in [1.29, 1.82) is 0 Å². The number of aliphatic carboxylic acids is 1. The number of ketones is 1. The van der Waals surface area contributed by atoms with E-state index in [2.05, 4.69) is 4.99 Å². The number of para-hydroxylation sites is 1. The van der Waals surface area contributed by atoms with Crippen molar-refractivity contribution >= 4 is 23.2 Å². The summed E-state index contributed by atoms with van der Waals surface area (Å²) in [6.45, 7) is 3.71. The van der Waals surface area contributed by atoms with Gasteiger partial charge in [0.05, 0.1) is 11.6 Å². The van der Waals surface area contributed by atoms with Crippen molar-refractivity contribution in [2.24, 2.45) is 10.9 Å². The van der Waals surface area contributed by atoms with E-state index in [1.807, 2.05) is 19.1 Å². The summed E-state index contributed by atoms with van der Waals surface area (Å²) in [5, 5.41) is 8.70. The number of hydrogen-bond donors (Lipinski definition) is 1. The number of carbonyl (C=O) groups excluding carboxylic acids is 1. The first-order valence-corrected chi connectivity index (χ1v) is 5.91. The van der Waals surface area contributed by atoms with Gasteiger partial charge in [-0.2, -0.15) is 0 Å². The predicted molar refractivity (Wildman–Crippen MR) is 68.6 cm³/mol. The summed E-state index contributed by atoms with van der Waals surface area (Å²) in [5.74, 6) is -1.29. The molecule has 1 aromatic carbocycles. The Morgan fingerprint density at radius 3 is 2.78 bits per heavy atom. The Morgan fingerprint density at radius 2 is 2.11 bits per heavy atom. The maximum Gasteiger partial charge on any atom is 0.303 e. The molecule has 4 nitrogen and oxygen atoms in total. The lowest BCUT2D eigenvalue weighted by Gasteiger charge is -2.22. The van der Waals surface area contributed by atoms with Gasteiger partial charge in [-0.15, -0.1) is 0 Å². The zero-order valence-corrected chi connectivity index (χ0v) is 10.4. The highest BCUT2D eigenvalue weighted by molar-refractivity contribution is 6.17. The SMILES string of the molecule is CC1=Nc2c(C)cccc2C(=O)C1CCC(=O)O. The Kier molecular flexibility index (Phi) is 3.28. The summed E-state index contributed by atoms with van der Waals surface area (Å²) in [6, 6.07) is 5.51. The Balaban J connectivity index is 2.35. The fraction of sp³-hybridized carbons (Fsp3) is 0.357. The topological polar surface area (TPSA) is 66.7 Å². The summed E-state index contributed by atoms with van der Waals surface area (Å²) >= 11 is 0. The molecule has 0 bridgehead atoms. The van der Waals surface area contributed by atoms with Crippen molar-refractivity contribution in [3.05, 3.63) is 29.3 Å². The van der Waals surface area contributed by atoms with Crippen molar-refractivity contribution in [3.63, 3.8) is 0 Å². The maximum atomic E-state index is 12.3. The van der Waals surface area contributed by atoms with Crippen molar-refractivity contribution in [2.45, 2.75) is 26.7 Å². The Morgan fingerprint density at radius 1 is 1.39 bits per heavy atom. The molecule has 0 fully saturated rings. The molecule has 0 saturated carbocycles. The van der Waals surface area contributed by atoms with E-state index in [1.54, 1.807) is 13.0 Å². The van der Waals surface area contributed by atoms with Crippen LogP contribution in [0.4, 0.5) is 5.69 Å². The van der Waals surface area contributed by atoms with Crippen LogP contribution in [0.3, 0.4) is 0 Å². The molecule has 1 heterocycles. The first kappa shape index (κ1) is 12.5.